The molecule has 0 unspecified atom stereocenters. The second-order valence-electron chi connectivity index (χ2n) is 13.2. The van der Waals surface area contributed by atoms with Crippen molar-refractivity contribution in [2.24, 2.45) is 11.8 Å². The van der Waals surface area contributed by atoms with Gasteiger partial charge in [-0.3, -0.25) is 9.59 Å². The maximum atomic E-state index is 17.4. The van der Waals surface area contributed by atoms with Crippen molar-refractivity contribution in [1.82, 2.24) is 13.9 Å². The number of fused-ring (bicyclic) bond motifs is 3. The SMILES string of the molecule is CO[C@H]1/C=C/CCN(C)C(=O)C[C@@](F)(C(=O)NS(=O)(=O)N(C)C)c2ccc3c(c2)N(CCCCc2cc(Cl)ccc2CO3)C[C@@H]2CC[C@H]21. The average Bonchev–Trinajstić information content (AvgIpc) is 3.06. The first-order valence-electron chi connectivity index (χ1n) is 16.5. The van der Waals surface area contributed by atoms with Gasteiger partial charge in [0.25, 0.3) is 5.91 Å². The van der Waals surface area contributed by atoms with Crippen LogP contribution in [-0.4, -0.2) is 83.4 Å². The Hall–Kier alpha value is -3.19. The lowest BCUT2D eigenvalue weighted by Crippen LogP contribution is -2.49. The van der Waals surface area contributed by atoms with Gasteiger partial charge >= 0.3 is 10.2 Å². The van der Waals surface area contributed by atoms with Gasteiger partial charge in [0.1, 0.15) is 12.4 Å². The quantitative estimate of drug-likeness (QED) is 0.447. The van der Waals surface area contributed by atoms with Crippen LogP contribution in [0.25, 0.3) is 0 Å². The van der Waals surface area contributed by atoms with E-state index in [1.807, 2.05) is 35.1 Å². The van der Waals surface area contributed by atoms with Crippen molar-refractivity contribution in [3.8, 4) is 5.75 Å². The molecule has 0 saturated heterocycles. The van der Waals surface area contributed by atoms with Crippen LogP contribution >= 0.6 is 11.6 Å². The highest BCUT2D eigenvalue weighted by molar-refractivity contribution is 7.87. The van der Waals surface area contributed by atoms with E-state index < -0.39 is 34.1 Å². The van der Waals surface area contributed by atoms with E-state index >= 15 is 4.39 Å². The summed E-state index contributed by atoms with van der Waals surface area (Å²) in [6.07, 6.45) is 8.11. The van der Waals surface area contributed by atoms with Gasteiger partial charge in [-0.1, -0.05) is 35.9 Å². The normalized spacial score (nSPS) is 26.3. The molecular formula is C35H46ClFN4O6S. The summed E-state index contributed by atoms with van der Waals surface area (Å²) in [5.74, 6) is -1.02. The van der Waals surface area contributed by atoms with Crippen LogP contribution in [0.2, 0.25) is 5.02 Å². The minimum absolute atomic E-state index is 0.0799. The van der Waals surface area contributed by atoms with Crippen molar-refractivity contribution in [3.05, 3.63) is 70.3 Å². The van der Waals surface area contributed by atoms with E-state index in [1.165, 1.54) is 25.1 Å². The minimum Gasteiger partial charge on any atom is -0.487 e. The Bertz CT molecular complexity index is 1640. The van der Waals surface area contributed by atoms with Crippen molar-refractivity contribution in [1.29, 1.82) is 0 Å². The molecule has 1 N–H and O–H groups in total. The molecule has 0 radical (unpaired) electrons. The summed E-state index contributed by atoms with van der Waals surface area (Å²) in [7, 11) is 1.36. The molecule has 0 aromatic heterocycles. The van der Waals surface area contributed by atoms with E-state index in [-0.39, 0.29) is 36.7 Å². The number of nitrogens with one attached hydrogen (secondary N) is 1. The number of rotatable bonds is 4. The molecule has 1 fully saturated rings. The van der Waals surface area contributed by atoms with Crippen LogP contribution in [0.1, 0.15) is 55.2 Å². The molecule has 13 heteroatoms. The molecule has 10 nitrogen and oxygen atoms in total. The first-order valence-corrected chi connectivity index (χ1v) is 18.3. The highest BCUT2D eigenvalue weighted by atomic mass is 35.5. The number of hydrogen-bond donors (Lipinski definition) is 1. The topological polar surface area (TPSA) is 108 Å². The van der Waals surface area contributed by atoms with Gasteiger partial charge in [-0.15, -0.1) is 0 Å². The predicted octanol–water partition coefficient (Wildman–Crippen LogP) is 5.00. The summed E-state index contributed by atoms with van der Waals surface area (Å²) in [6.45, 7) is 1.82. The number of halogens is 2. The van der Waals surface area contributed by atoms with Gasteiger partial charge in [0.2, 0.25) is 11.6 Å². The van der Waals surface area contributed by atoms with Crippen LogP contribution in [0, 0.1) is 11.8 Å². The smallest absolute Gasteiger partial charge is 0.303 e. The monoisotopic (exact) mass is 704 g/mol. The molecule has 262 valence electrons. The van der Waals surface area contributed by atoms with Crippen LogP contribution < -0.4 is 14.4 Å². The Morgan fingerprint density at radius 3 is 2.62 bits per heavy atom. The second kappa shape index (κ2) is 15.1. The first-order chi connectivity index (χ1) is 22.8. The van der Waals surface area contributed by atoms with Crippen molar-refractivity contribution >= 4 is 39.3 Å². The number of carbonyl (C=O) groups is 2. The summed E-state index contributed by atoms with van der Waals surface area (Å²) in [5.41, 5.74) is -0.446. The van der Waals surface area contributed by atoms with E-state index in [0.29, 0.717) is 36.0 Å². The largest absolute Gasteiger partial charge is 0.487 e. The fraction of sp³-hybridized carbons (Fsp3) is 0.543. The molecule has 48 heavy (non-hydrogen) atoms. The molecule has 1 aliphatic carbocycles. The van der Waals surface area contributed by atoms with Gasteiger partial charge in [-0.05, 0) is 85.8 Å². The average molecular weight is 705 g/mol. The highest BCUT2D eigenvalue weighted by Gasteiger charge is 2.46. The van der Waals surface area contributed by atoms with Gasteiger partial charge in [0.05, 0.1) is 18.2 Å². The lowest BCUT2D eigenvalue weighted by atomic mass is 9.70. The van der Waals surface area contributed by atoms with Crippen LogP contribution in [-0.2, 0) is 43.2 Å². The molecule has 3 aliphatic rings. The van der Waals surface area contributed by atoms with Crippen molar-refractivity contribution in [2.45, 2.75) is 63.3 Å². The van der Waals surface area contributed by atoms with E-state index in [4.69, 9.17) is 21.1 Å². The number of aryl methyl sites for hydroxylation is 1. The van der Waals surface area contributed by atoms with Crippen LogP contribution in [0.5, 0.6) is 5.75 Å². The third-order valence-corrected chi connectivity index (χ3v) is 11.5. The highest BCUT2D eigenvalue weighted by Crippen LogP contribution is 2.43. The Balaban J connectivity index is 1.63. The van der Waals surface area contributed by atoms with Gasteiger partial charge in [-0.25, -0.2) is 9.11 Å². The van der Waals surface area contributed by atoms with Crippen LogP contribution in [0.15, 0.2) is 48.6 Å². The van der Waals surface area contributed by atoms with E-state index in [2.05, 4.69) is 4.90 Å². The second-order valence-corrected chi connectivity index (χ2v) is 15.5. The number of benzene rings is 2. The Morgan fingerprint density at radius 1 is 1.12 bits per heavy atom. The molecule has 5 rings (SSSR count). The molecule has 2 aliphatic heterocycles. The fourth-order valence-electron chi connectivity index (χ4n) is 6.69. The third-order valence-electron chi connectivity index (χ3n) is 9.90. The predicted molar refractivity (Wildman–Crippen MR) is 184 cm³/mol. The van der Waals surface area contributed by atoms with Gasteiger partial charge in [0.15, 0.2) is 0 Å². The Labute approximate surface area is 288 Å². The van der Waals surface area contributed by atoms with Gasteiger partial charge in [-0.2, -0.15) is 12.7 Å². The van der Waals surface area contributed by atoms with Crippen LogP contribution in [0.3, 0.4) is 0 Å². The molecule has 0 spiro atoms. The van der Waals surface area contributed by atoms with Gasteiger partial charge in [0, 0.05) is 58.5 Å². The summed E-state index contributed by atoms with van der Waals surface area (Å²) in [5, 5.41) is 0.658. The maximum Gasteiger partial charge on any atom is 0.303 e. The number of alkyl halides is 1. The zero-order valence-electron chi connectivity index (χ0n) is 28.1. The molecule has 2 aromatic rings. The molecule has 1 saturated carbocycles. The maximum absolute atomic E-state index is 17.4. The van der Waals surface area contributed by atoms with E-state index in [0.717, 1.165) is 47.5 Å². The molecular weight excluding hydrogens is 659 g/mol. The van der Waals surface area contributed by atoms with Gasteiger partial charge < -0.3 is 19.3 Å². The molecule has 2 amide bonds. The summed E-state index contributed by atoms with van der Waals surface area (Å²) in [4.78, 5) is 30.7. The van der Waals surface area contributed by atoms with E-state index in [1.54, 1.807) is 26.3 Å². The standard InChI is InChI=1S/C35H46ClFN4O6S/c1-39(2)48(44,45)38-34(43)35(37)21-33(42)40(3)17-7-6-10-31(46-4)29-15-12-25(29)22-41-18-8-5-9-24-19-28(36)14-11-26(24)23-47-32-16-13-27(35)20-30(32)41/h6,10-11,13-14,16,19-20,25,29,31H,5,7-9,12,15,17-18,21-23H2,1-4H3,(H,38,43)/b10-6+/t25-,29+,31-,35-/m0/s1. The third kappa shape index (κ3) is 7.98. The van der Waals surface area contributed by atoms with Crippen molar-refractivity contribution < 1.29 is 31.9 Å². The van der Waals surface area contributed by atoms with E-state index in [9.17, 15) is 18.0 Å². The Kier molecular flexibility index (Phi) is 11.4. The van der Waals surface area contributed by atoms with Crippen molar-refractivity contribution in [3.63, 3.8) is 0 Å². The number of anilines is 1. The minimum atomic E-state index is -4.36. The number of hydrogen-bond acceptors (Lipinski definition) is 7. The lowest BCUT2D eigenvalue weighted by Gasteiger charge is -2.43. The molecule has 2 heterocycles. The molecule has 2 bridgehead atoms. The number of carbonyl (C=O) groups excluding carboxylic acids is 2. The van der Waals surface area contributed by atoms with Crippen molar-refractivity contribution in [2.75, 3.05) is 52.8 Å². The molecule has 4 atom stereocenters. The fourth-order valence-corrected chi connectivity index (χ4v) is 7.46. The number of methoxy groups -OCH3 is 1. The summed E-state index contributed by atoms with van der Waals surface area (Å²) < 4.78 is 57.8. The molecule has 2 aromatic carbocycles. The number of nitrogens with zero attached hydrogens (tertiary/aromatic N) is 3. The van der Waals surface area contributed by atoms with Crippen LogP contribution in [0.4, 0.5) is 10.1 Å². The first kappa shape index (κ1) is 36.1. The lowest BCUT2D eigenvalue weighted by molar-refractivity contribution is -0.141. The zero-order chi connectivity index (χ0) is 34.6. The number of amides is 2. The summed E-state index contributed by atoms with van der Waals surface area (Å²) >= 11 is 6.34. The zero-order valence-corrected chi connectivity index (χ0v) is 29.7. The summed E-state index contributed by atoms with van der Waals surface area (Å²) in [6, 6.07) is 10.3. The number of ether oxygens (including phenoxy) is 2. The Morgan fingerprint density at radius 2 is 1.92 bits per heavy atom.